The summed E-state index contributed by atoms with van der Waals surface area (Å²) < 4.78 is 27.1. The minimum absolute atomic E-state index is 0.147. The van der Waals surface area contributed by atoms with Gasteiger partial charge in [0.05, 0.1) is 0 Å². The number of nitrogens with zero attached hydrogens (tertiary/aromatic N) is 1. The van der Waals surface area contributed by atoms with Crippen LogP contribution in [0.2, 0.25) is 0 Å². The summed E-state index contributed by atoms with van der Waals surface area (Å²) in [5, 5.41) is 3.23. The summed E-state index contributed by atoms with van der Waals surface area (Å²) in [5.74, 6) is -0.510. The van der Waals surface area contributed by atoms with Crippen molar-refractivity contribution in [2.45, 2.75) is 37.8 Å². The average Bonchev–Trinajstić information content (AvgIpc) is 3.22. The van der Waals surface area contributed by atoms with Gasteiger partial charge in [0.25, 0.3) is 0 Å². The maximum absolute atomic E-state index is 13.6. The van der Waals surface area contributed by atoms with E-state index in [1.54, 1.807) is 0 Å². The fourth-order valence-electron chi connectivity index (χ4n) is 3.61. The Morgan fingerprint density at radius 1 is 1.15 bits per heavy atom. The van der Waals surface area contributed by atoms with Crippen molar-refractivity contribution in [1.82, 2.24) is 10.2 Å². The molecule has 1 saturated heterocycles. The quantitative estimate of drug-likeness (QED) is 0.911. The largest absolute Gasteiger partial charge is 0.319 e. The number of benzene rings is 1. The highest BCUT2D eigenvalue weighted by atomic mass is 19.1. The summed E-state index contributed by atoms with van der Waals surface area (Å²) in [6.45, 7) is 1.94. The summed E-state index contributed by atoms with van der Waals surface area (Å²) in [7, 11) is 1.94. The molecule has 0 aromatic heterocycles. The van der Waals surface area contributed by atoms with Gasteiger partial charge in [0.2, 0.25) is 0 Å². The molecule has 1 aliphatic carbocycles. The third-order valence-electron chi connectivity index (χ3n) is 4.50. The molecule has 110 valence electrons. The van der Waals surface area contributed by atoms with E-state index in [0.717, 1.165) is 31.1 Å². The van der Waals surface area contributed by atoms with E-state index in [1.807, 2.05) is 7.05 Å². The zero-order valence-corrected chi connectivity index (χ0v) is 11.9. The van der Waals surface area contributed by atoms with Crippen LogP contribution in [0, 0.1) is 17.6 Å². The van der Waals surface area contributed by atoms with Crippen LogP contribution in [-0.2, 0) is 0 Å². The van der Waals surface area contributed by atoms with Crippen molar-refractivity contribution in [3.8, 4) is 0 Å². The normalized spacial score (nSPS) is 27.8. The van der Waals surface area contributed by atoms with E-state index < -0.39 is 11.6 Å². The number of hydrogen-bond acceptors (Lipinski definition) is 2. The Kier molecular flexibility index (Phi) is 4.03. The lowest BCUT2D eigenvalue weighted by Gasteiger charge is -2.42. The molecular formula is C16H22F2N2. The first kappa shape index (κ1) is 14.0. The molecular weight excluding hydrogens is 258 g/mol. The molecule has 1 heterocycles. The fraction of sp³-hybridized carbons (Fsp3) is 0.625. The Labute approximate surface area is 119 Å². The van der Waals surface area contributed by atoms with Crippen molar-refractivity contribution in [3.63, 3.8) is 0 Å². The van der Waals surface area contributed by atoms with E-state index in [4.69, 9.17) is 0 Å². The third kappa shape index (κ3) is 2.86. The molecule has 20 heavy (non-hydrogen) atoms. The standard InChI is InChI=1S/C16H22F2N2/c1-19-10-11-3-2-6-20(15-4-5-15)16(11)12-7-13(17)9-14(18)8-12/h7-9,11,15-16,19H,2-6,10H2,1H3. The predicted molar refractivity (Wildman–Crippen MR) is 75.5 cm³/mol. The Bertz CT molecular complexity index is 451. The van der Waals surface area contributed by atoms with Gasteiger partial charge < -0.3 is 5.32 Å². The maximum atomic E-state index is 13.6. The zero-order valence-electron chi connectivity index (χ0n) is 11.9. The minimum Gasteiger partial charge on any atom is -0.319 e. The fourth-order valence-corrected chi connectivity index (χ4v) is 3.61. The molecule has 2 atom stereocenters. The molecule has 2 fully saturated rings. The zero-order chi connectivity index (χ0) is 14.1. The van der Waals surface area contributed by atoms with Gasteiger partial charge >= 0.3 is 0 Å². The monoisotopic (exact) mass is 280 g/mol. The lowest BCUT2D eigenvalue weighted by Crippen LogP contribution is -2.43. The van der Waals surface area contributed by atoms with Crippen molar-refractivity contribution in [3.05, 3.63) is 35.4 Å². The predicted octanol–water partition coefficient (Wildman–Crippen LogP) is 3.10. The van der Waals surface area contributed by atoms with E-state index in [-0.39, 0.29) is 6.04 Å². The van der Waals surface area contributed by atoms with Crippen molar-refractivity contribution in [2.24, 2.45) is 5.92 Å². The molecule has 0 radical (unpaired) electrons. The molecule has 1 saturated carbocycles. The molecule has 2 unspecified atom stereocenters. The van der Waals surface area contributed by atoms with Crippen LogP contribution in [0.15, 0.2) is 18.2 Å². The molecule has 0 bridgehead atoms. The van der Waals surface area contributed by atoms with Crippen molar-refractivity contribution in [2.75, 3.05) is 20.1 Å². The first-order valence-corrected chi connectivity index (χ1v) is 7.55. The summed E-state index contributed by atoms with van der Waals surface area (Å²) in [4.78, 5) is 2.47. The number of rotatable bonds is 4. The van der Waals surface area contributed by atoms with Gasteiger partial charge in [-0.25, -0.2) is 8.78 Å². The van der Waals surface area contributed by atoms with Gasteiger partial charge in [-0.3, -0.25) is 4.90 Å². The van der Waals surface area contributed by atoms with Crippen LogP contribution in [0.4, 0.5) is 8.78 Å². The second-order valence-corrected chi connectivity index (χ2v) is 6.08. The lowest BCUT2D eigenvalue weighted by atomic mass is 9.84. The van der Waals surface area contributed by atoms with Crippen LogP contribution >= 0.6 is 0 Å². The molecule has 1 aliphatic heterocycles. The summed E-state index contributed by atoms with van der Waals surface area (Å²) >= 11 is 0. The number of piperidine rings is 1. The average molecular weight is 280 g/mol. The Hall–Kier alpha value is -1.00. The van der Waals surface area contributed by atoms with Gasteiger partial charge in [-0.2, -0.15) is 0 Å². The minimum atomic E-state index is -0.468. The van der Waals surface area contributed by atoms with E-state index in [1.165, 1.54) is 31.4 Å². The van der Waals surface area contributed by atoms with E-state index >= 15 is 0 Å². The highest BCUT2D eigenvalue weighted by Crippen LogP contribution is 2.42. The third-order valence-corrected chi connectivity index (χ3v) is 4.50. The highest BCUT2D eigenvalue weighted by molar-refractivity contribution is 5.23. The van der Waals surface area contributed by atoms with Gasteiger partial charge in [0.15, 0.2) is 0 Å². The highest BCUT2D eigenvalue weighted by Gasteiger charge is 2.40. The molecule has 2 aliphatic rings. The lowest BCUT2D eigenvalue weighted by molar-refractivity contribution is 0.0841. The van der Waals surface area contributed by atoms with Crippen LogP contribution in [0.3, 0.4) is 0 Å². The number of halogens is 2. The van der Waals surface area contributed by atoms with Gasteiger partial charge in [0, 0.05) is 18.2 Å². The van der Waals surface area contributed by atoms with Crippen molar-refractivity contribution in [1.29, 1.82) is 0 Å². The Morgan fingerprint density at radius 2 is 1.85 bits per heavy atom. The first-order chi connectivity index (χ1) is 9.69. The second-order valence-electron chi connectivity index (χ2n) is 6.08. The SMILES string of the molecule is CNCC1CCCN(C2CC2)C1c1cc(F)cc(F)c1. The number of hydrogen-bond donors (Lipinski definition) is 1. The summed E-state index contributed by atoms with van der Waals surface area (Å²) in [5.41, 5.74) is 0.800. The maximum Gasteiger partial charge on any atom is 0.126 e. The topological polar surface area (TPSA) is 15.3 Å². The van der Waals surface area contributed by atoms with Gasteiger partial charge in [-0.05, 0) is 69.4 Å². The molecule has 0 spiro atoms. The molecule has 4 heteroatoms. The van der Waals surface area contributed by atoms with Gasteiger partial charge in [-0.1, -0.05) is 0 Å². The van der Waals surface area contributed by atoms with Gasteiger partial charge in [-0.15, -0.1) is 0 Å². The van der Waals surface area contributed by atoms with Crippen LogP contribution < -0.4 is 5.32 Å². The smallest absolute Gasteiger partial charge is 0.126 e. The molecule has 0 amide bonds. The Balaban J connectivity index is 1.93. The number of likely N-dealkylation sites (tertiary alicyclic amines) is 1. The molecule has 3 rings (SSSR count). The number of nitrogens with one attached hydrogen (secondary N) is 1. The molecule has 1 N–H and O–H groups in total. The molecule has 1 aromatic carbocycles. The summed E-state index contributed by atoms with van der Waals surface area (Å²) in [6, 6.07) is 4.75. The van der Waals surface area contributed by atoms with Crippen molar-refractivity contribution < 1.29 is 8.78 Å². The Morgan fingerprint density at radius 3 is 2.45 bits per heavy atom. The van der Waals surface area contributed by atoms with Crippen molar-refractivity contribution >= 4 is 0 Å². The molecule has 1 aromatic rings. The second kappa shape index (κ2) is 5.78. The molecule has 2 nitrogen and oxygen atoms in total. The van der Waals surface area contributed by atoms with E-state index in [9.17, 15) is 8.78 Å². The van der Waals surface area contributed by atoms with Crippen LogP contribution in [-0.4, -0.2) is 31.1 Å². The van der Waals surface area contributed by atoms with Crippen LogP contribution in [0.25, 0.3) is 0 Å². The van der Waals surface area contributed by atoms with Crippen LogP contribution in [0.5, 0.6) is 0 Å². The summed E-state index contributed by atoms with van der Waals surface area (Å²) in [6.07, 6.45) is 4.74. The van der Waals surface area contributed by atoms with Gasteiger partial charge in [0.1, 0.15) is 11.6 Å². The first-order valence-electron chi connectivity index (χ1n) is 7.55. The van der Waals surface area contributed by atoms with E-state index in [2.05, 4.69) is 10.2 Å². The van der Waals surface area contributed by atoms with Crippen LogP contribution in [0.1, 0.15) is 37.3 Å². The van der Waals surface area contributed by atoms with E-state index in [0.29, 0.717) is 12.0 Å².